The van der Waals surface area contributed by atoms with Crippen molar-refractivity contribution in [2.75, 3.05) is 5.73 Å². The molecule has 0 atom stereocenters. The number of hydrogen-bond acceptors (Lipinski definition) is 7. The van der Waals surface area contributed by atoms with Gasteiger partial charge in [0.2, 0.25) is 5.89 Å². The molecular weight excluding hydrogens is 302 g/mol. The summed E-state index contributed by atoms with van der Waals surface area (Å²) in [5.74, 6) is 0.0816. The van der Waals surface area contributed by atoms with Gasteiger partial charge in [0.25, 0.3) is 11.6 Å². The Kier molecular flexibility index (Phi) is 4.03. The van der Waals surface area contributed by atoms with Crippen molar-refractivity contribution in [2.24, 2.45) is 0 Å². The maximum atomic E-state index is 11.9. The molecule has 1 heterocycles. The minimum atomic E-state index is -0.709. The van der Waals surface area contributed by atoms with E-state index in [2.05, 4.69) is 15.5 Å². The predicted molar refractivity (Wildman–Crippen MR) is 72.7 cm³/mol. The Morgan fingerprint density at radius 1 is 1.57 bits per heavy atom. The van der Waals surface area contributed by atoms with E-state index < -0.39 is 16.5 Å². The van der Waals surface area contributed by atoms with E-state index in [4.69, 9.17) is 21.9 Å². The highest BCUT2D eigenvalue weighted by atomic mass is 35.5. The molecule has 0 aliphatic rings. The lowest BCUT2D eigenvalue weighted by molar-refractivity contribution is -0.383. The maximum Gasteiger partial charge on any atom is 0.294 e. The number of nitrogens with one attached hydrogen (secondary N) is 1. The summed E-state index contributed by atoms with van der Waals surface area (Å²) in [5.41, 5.74) is 4.87. The highest BCUT2D eigenvalue weighted by Gasteiger charge is 2.19. The Hall–Kier alpha value is -2.68. The number of rotatable bonds is 4. The van der Waals surface area contributed by atoms with Gasteiger partial charge in [-0.05, 0) is 13.0 Å². The number of aryl methyl sites for hydroxylation is 1. The number of carbonyl (C=O) groups excluding carboxylic acids is 1. The number of nitrogen functional groups attached to an aromatic ring is 1. The van der Waals surface area contributed by atoms with Gasteiger partial charge in [0.1, 0.15) is 5.69 Å². The molecule has 2 aromatic rings. The number of nitro benzene ring substituents is 1. The van der Waals surface area contributed by atoms with E-state index in [1.807, 2.05) is 0 Å². The molecule has 0 aliphatic carbocycles. The van der Waals surface area contributed by atoms with Crippen LogP contribution in [0.4, 0.5) is 11.4 Å². The summed E-state index contributed by atoms with van der Waals surface area (Å²) in [6.45, 7) is 1.63. The van der Waals surface area contributed by atoms with Crippen molar-refractivity contribution in [1.82, 2.24) is 15.5 Å². The lowest BCUT2D eigenvalue weighted by Crippen LogP contribution is -2.23. The van der Waals surface area contributed by atoms with E-state index in [1.165, 1.54) is 6.07 Å². The van der Waals surface area contributed by atoms with E-state index in [0.29, 0.717) is 5.82 Å². The minimum Gasteiger partial charge on any atom is -0.392 e. The van der Waals surface area contributed by atoms with E-state index in [1.54, 1.807) is 6.92 Å². The summed E-state index contributed by atoms with van der Waals surface area (Å²) in [6.07, 6.45) is 0. The van der Waals surface area contributed by atoms with Gasteiger partial charge in [0.15, 0.2) is 5.82 Å². The van der Waals surface area contributed by atoms with Gasteiger partial charge in [-0.25, -0.2) is 0 Å². The smallest absolute Gasteiger partial charge is 0.294 e. The Balaban J connectivity index is 2.17. The standard InChI is InChI=1S/C11H10ClN5O4/c1-5-15-9(21-16-5)4-14-11(18)6-2-7(12)10(13)8(3-6)17(19)20/h2-3H,4,13H2,1H3,(H,14,18). The summed E-state index contributed by atoms with van der Waals surface area (Å²) in [4.78, 5) is 26.0. The molecule has 1 aromatic heterocycles. The van der Waals surface area contributed by atoms with Crippen molar-refractivity contribution < 1.29 is 14.2 Å². The third-order valence-electron chi connectivity index (χ3n) is 2.54. The predicted octanol–water partition coefficient (Wildman–Crippen LogP) is 1.45. The number of anilines is 1. The van der Waals surface area contributed by atoms with Crippen LogP contribution in [-0.4, -0.2) is 21.0 Å². The van der Waals surface area contributed by atoms with Gasteiger partial charge in [-0.2, -0.15) is 4.98 Å². The zero-order chi connectivity index (χ0) is 15.6. The summed E-state index contributed by atoms with van der Waals surface area (Å²) < 4.78 is 4.83. The lowest BCUT2D eigenvalue weighted by atomic mass is 10.1. The summed E-state index contributed by atoms with van der Waals surface area (Å²) in [6, 6.07) is 2.30. The molecular formula is C11H10ClN5O4. The molecule has 9 nitrogen and oxygen atoms in total. The fourth-order valence-corrected chi connectivity index (χ4v) is 1.77. The van der Waals surface area contributed by atoms with Crippen molar-refractivity contribution in [3.05, 3.63) is 44.5 Å². The van der Waals surface area contributed by atoms with Gasteiger partial charge >= 0.3 is 0 Å². The van der Waals surface area contributed by atoms with Crippen molar-refractivity contribution in [3.63, 3.8) is 0 Å². The van der Waals surface area contributed by atoms with Crippen molar-refractivity contribution in [3.8, 4) is 0 Å². The molecule has 0 spiro atoms. The molecule has 0 saturated heterocycles. The van der Waals surface area contributed by atoms with Crippen LogP contribution in [0.1, 0.15) is 22.1 Å². The first kappa shape index (κ1) is 14.7. The molecule has 10 heteroatoms. The molecule has 0 aliphatic heterocycles. The van der Waals surface area contributed by atoms with Gasteiger partial charge < -0.3 is 15.6 Å². The zero-order valence-electron chi connectivity index (χ0n) is 10.8. The molecule has 21 heavy (non-hydrogen) atoms. The fraction of sp³-hybridized carbons (Fsp3) is 0.182. The Morgan fingerprint density at radius 3 is 2.86 bits per heavy atom. The summed E-state index contributed by atoms with van der Waals surface area (Å²) >= 11 is 5.78. The number of halogens is 1. The summed E-state index contributed by atoms with van der Waals surface area (Å²) in [7, 11) is 0. The number of hydrogen-bond donors (Lipinski definition) is 2. The lowest BCUT2D eigenvalue weighted by Gasteiger charge is -2.05. The van der Waals surface area contributed by atoms with E-state index in [0.717, 1.165) is 6.07 Å². The number of amides is 1. The second-order valence-corrected chi connectivity index (χ2v) is 4.47. The Bertz CT molecular complexity index is 715. The second-order valence-electron chi connectivity index (χ2n) is 4.07. The van der Waals surface area contributed by atoms with Crippen LogP contribution < -0.4 is 11.1 Å². The number of nitrogens with zero attached hydrogens (tertiary/aromatic N) is 3. The quantitative estimate of drug-likeness (QED) is 0.495. The number of carbonyl (C=O) groups is 1. The third kappa shape index (κ3) is 3.26. The first-order valence-electron chi connectivity index (χ1n) is 5.69. The highest BCUT2D eigenvalue weighted by Crippen LogP contribution is 2.30. The number of nitro groups is 1. The molecule has 0 fully saturated rings. The number of aromatic nitrogens is 2. The Morgan fingerprint density at radius 2 is 2.29 bits per heavy atom. The van der Waals surface area contributed by atoms with Crippen LogP contribution in [0.25, 0.3) is 0 Å². The number of benzene rings is 1. The van der Waals surface area contributed by atoms with Crippen LogP contribution >= 0.6 is 11.6 Å². The van der Waals surface area contributed by atoms with Gasteiger partial charge in [0.05, 0.1) is 16.5 Å². The topological polar surface area (TPSA) is 137 Å². The molecule has 1 aromatic carbocycles. The van der Waals surface area contributed by atoms with Crippen LogP contribution in [-0.2, 0) is 6.54 Å². The molecule has 1 amide bonds. The van der Waals surface area contributed by atoms with Crippen LogP contribution in [0.3, 0.4) is 0 Å². The maximum absolute atomic E-state index is 11.9. The second kappa shape index (κ2) is 5.75. The zero-order valence-corrected chi connectivity index (χ0v) is 11.5. The molecule has 3 N–H and O–H groups in total. The van der Waals surface area contributed by atoms with Crippen LogP contribution in [0.2, 0.25) is 5.02 Å². The third-order valence-corrected chi connectivity index (χ3v) is 2.85. The molecule has 2 rings (SSSR count). The molecule has 0 bridgehead atoms. The summed E-state index contributed by atoms with van der Waals surface area (Å²) in [5, 5.41) is 16.8. The van der Waals surface area contributed by atoms with Crippen molar-refractivity contribution in [2.45, 2.75) is 13.5 Å². The van der Waals surface area contributed by atoms with Crippen LogP contribution in [0.15, 0.2) is 16.7 Å². The van der Waals surface area contributed by atoms with Gasteiger partial charge in [0, 0.05) is 11.6 Å². The monoisotopic (exact) mass is 311 g/mol. The molecule has 0 saturated carbocycles. The van der Waals surface area contributed by atoms with E-state index >= 15 is 0 Å². The highest BCUT2D eigenvalue weighted by molar-refractivity contribution is 6.34. The van der Waals surface area contributed by atoms with Gasteiger partial charge in [-0.15, -0.1) is 0 Å². The first-order chi connectivity index (χ1) is 9.88. The molecule has 110 valence electrons. The van der Waals surface area contributed by atoms with Crippen LogP contribution in [0.5, 0.6) is 0 Å². The molecule has 0 unspecified atom stereocenters. The van der Waals surface area contributed by atoms with Gasteiger partial charge in [-0.3, -0.25) is 14.9 Å². The van der Waals surface area contributed by atoms with Gasteiger partial charge in [-0.1, -0.05) is 16.8 Å². The number of nitrogens with two attached hydrogens (primary N) is 1. The van der Waals surface area contributed by atoms with Crippen molar-refractivity contribution >= 4 is 28.9 Å². The van der Waals surface area contributed by atoms with E-state index in [-0.39, 0.29) is 28.7 Å². The van der Waals surface area contributed by atoms with Crippen LogP contribution in [0, 0.1) is 17.0 Å². The largest absolute Gasteiger partial charge is 0.392 e. The first-order valence-corrected chi connectivity index (χ1v) is 6.07. The average Bonchev–Trinajstić information content (AvgIpc) is 2.84. The fourth-order valence-electron chi connectivity index (χ4n) is 1.56. The SMILES string of the molecule is Cc1noc(CNC(=O)c2cc(Cl)c(N)c([N+](=O)[O-])c2)n1. The average molecular weight is 312 g/mol. The van der Waals surface area contributed by atoms with E-state index in [9.17, 15) is 14.9 Å². The minimum absolute atomic E-state index is 0.00450. The molecule has 0 radical (unpaired) electrons. The Labute approximate surface area is 123 Å². The normalized spacial score (nSPS) is 10.4. The van der Waals surface area contributed by atoms with Crippen molar-refractivity contribution in [1.29, 1.82) is 0 Å².